The maximum absolute atomic E-state index is 12.9. The first-order valence-electron chi connectivity index (χ1n) is 9.79. The zero-order valence-corrected chi connectivity index (χ0v) is 15.7. The molecule has 3 heterocycles. The van der Waals surface area contributed by atoms with Gasteiger partial charge < -0.3 is 4.90 Å². The van der Waals surface area contributed by atoms with Crippen LogP contribution in [0.15, 0.2) is 60.8 Å². The van der Waals surface area contributed by atoms with E-state index in [9.17, 15) is 4.79 Å². The molecule has 0 aliphatic carbocycles. The summed E-state index contributed by atoms with van der Waals surface area (Å²) in [4.78, 5) is 14.9. The molecule has 4 nitrogen and oxygen atoms in total. The zero-order chi connectivity index (χ0) is 18.6. The van der Waals surface area contributed by atoms with Gasteiger partial charge in [0.1, 0.15) is 5.69 Å². The molecule has 0 radical (unpaired) electrons. The highest BCUT2D eigenvalue weighted by Gasteiger charge is 2.23. The van der Waals surface area contributed by atoms with Gasteiger partial charge in [-0.05, 0) is 43.9 Å². The number of hydrogen-bond donors (Lipinski definition) is 0. The van der Waals surface area contributed by atoms with E-state index in [0.717, 1.165) is 48.1 Å². The summed E-state index contributed by atoms with van der Waals surface area (Å²) in [5.41, 5.74) is 3.94. The van der Waals surface area contributed by atoms with E-state index in [2.05, 4.69) is 19.1 Å². The first kappa shape index (κ1) is 17.5. The van der Waals surface area contributed by atoms with Gasteiger partial charge in [-0.2, -0.15) is 5.10 Å². The van der Waals surface area contributed by atoms with Gasteiger partial charge in [0.25, 0.3) is 0 Å². The fourth-order valence-corrected chi connectivity index (χ4v) is 3.96. The standard InChI is InChI=1S/C23H25N3O/c1-2-19-12-6-8-16-25(19)22(27)15-14-20-21-13-7-9-17-26(21)24-23(20)18-10-4-3-5-11-18/h3-5,7,9-11,13-15,17,19H,2,6,8,12,16H2,1H3. The highest BCUT2D eigenvalue weighted by Crippen LogP contribution is 2.27. The fourth-order valence-electron chi connectivity index (χ4n) is 3.96. The molecule has 138 valence electrons. The Hall–Kier alpha value is -2.88. The number of fused-ring (bicyclic) bond motifs is 1. The number of amides is 1. The Labute approximate surface area is 160 Å². The van der Waals surface area contributed by atoms with E-state index < -0.39 is 0 Å². The van der Waals surface area contributed by atoms with Crippen LogP contribution in [0.25, 0.3) is 22.9 Å². The minimum atomic E-state index is 0.107. The van der Waals surface area contributed by atoms with E-state index in [4.69, 9.17) is 5.10 Å². The summed E-state index contributed by atoms with van der Waals surface area (Å²) in [5.74, 6) is 0.107. The monoisotopic (exact) mass is 359 g/mol. The Morgan fingerprint density at radius 1 is 1.15 bits per heavy atom. The lowest BCUT2D eigenvalue weighted by molar-refractivity contribution is -0.129. The summed E-state index contributed by atoms with van der Waals surface area (Å²) in [7, 11) is 0. The van der Waals surface area contributed by atoms with Gasteiger partial charge in [-0.25, -0.2) is 4.52 Å². The molecule has 1 amide bonds. The topological polar surface area (TPSA) is 37.6 Å². The molecule has 1 aliphatic rings. The lowest BCUT2D eigenvalue weighted by Gasteiger charge is -2.34. The van der Waals surface area contributed by atoms with E-state index >= 15 is 0 Å². The average Bonchev–Trinajstić information content (AvgIpc) is 3.11. The van der Waals surface area contributed by atoms with E-state index in [1.54, 1.807) is 6.08 Å². The van der Waals surface area contributed by atoms with Gasteiger partial charge in [0, 0.05) is 36.0 Å². The zero-order valence-electron chi connectivity index (χ0n) is 15.7. The minimum absolute atomic E-state index is 0.107. The normalized spacial score (nSPS) is 17.7. The minimum Gasteiger partial charge on any atom is -0.336 e. The van der Waals surface area contributed by atoms with Crippen LogP contribution in [0.3, 0.4) is 0 Å². The number of nitrogens with zero attached hydrogens (tertiary/aromatic N) is 3. The second-order valence-corrected chi connectivity index (χ2v) is 7.08. The van der Waals surface area contributed by atoms with E-state index in [0.29, 0.717) is 6.04 Å². The van der Waals surface area contributed by atoms with Crippen molar-refractivity contribution in [3.05, 3.63) is 66.4 Å². The van der Waals surface area contributed by atoms with Crippen LogP contribution in [0.4, 0.5) is 0 Å². The van der Waals surface area contributed by atoms with E-state index in [1.165, 1.54) is 6.42 Å². The molecular weight excluding hydrogens is 334 g/mol. The van der Waals surface area contributed by atoms with Crippen LogP contribution in [0.1, 0.15) is 38.2 Å². The van der Waals surface area contributed by atoms with E-state index in [-0.39, 0.29) is 5.91 Å². The number of carbonyl (C=O) groups is 1. The Balaban J connectivity index is 1.70. The maximum Gasteiger partial charge on any atom is 0.246 e. The van der Waals surface area contributed by atoms with Gasteiger partial charge in [-0.3, -0.25) is 4.79 Å². The SMILES string of the molecule is CCC1CCCCN1C(=O)C=Cc1c(-c2ccccc2)nn2ccccc12. The van der Waals surface area contributed by atoms with Crippen LogP contribution in [0.5, 0.6) is 0 Å². The first-order chi connectivity index (χ1) is 13.3. The molecule has 0 spiro atoms. The largest absolute Gasteiger partial charge is 0.336 e. The molecule has 1 aromatic carbocycles. The van der Waals surface area contributed by atoms with Crippen molar-refractivity contribution < 1.29 is 4.79 Å². The second kappa shape index (κ2) is 7.78. The molecule has 4 heteroatoms. The molecule has 27 heavy (non-hydrogen) atoms. The number of carbonyl (C=O) groups excluding carboxylic acids is 1. The summed E-state index contributed by atoms with van der Waals surface area (Å²) in [6.07, 6.45) is 10.1. The van der Waals surface area contributed by atoms with Crippen molar-refractivity contribution in [3.63, 3.8) is 0 Å². The van der Waals surface area contributed by atoms with E-state index in [1.807, 2.05) is 58.1 Å². The van der Waals surface area contributed by atoms with Crippen LogP contribution >= 0.6 is 0 Å². The third-order valence-electron chi connectivity index (χ3n) is 5.40. The number of aromatic nitrogens is 2. The summed E-state index contributed by atoms with van der Waals surface area (Å²) >= 11 is 0. The molecule has 0 saturated carbocycles. The van der Waals surface area contributed by atoms with Gasteiger partial charge >= 0.3 is 0 Å². The smallest absolute Gasteiger partial charge is 0.246 e. The van der Waals surface area contributed by atoms with Crippen molar-refractivity contribution in [1.29, 1.82) is 0 Å². The van der Waals surface area contributed by atoms with Gasteiger partial charge in [-0.1, -0.05) is 43.3 Å². The molecule has 1 atom stereocenters. The molecule has 0 bridgehead atoms. The van der Waals surface area contributed by atoms with Crippen molar-refractivity contribution in [1.82, 2.24) is 14.5 Å². The second-order valence-electron chi connectivity index (χ2n) is 7.08. The number of benzene rings is 1. The van der Waals surface area contributed by atoms with Crippen molar-refractivity contribution in [2.75, 3.05) is 6.54 Å². The first-order valence-corrected chi connectivity index (χ1v) is 9.79. The number of piperidine rings is 1. The van der Waals surface area contributed by atoms with Crippen LogP contribution in [-0.4, -0.2) is 33.0 Å². The van der Waals surface area contributed by atoms with Crippen molar-refractivity contribution >= 4 is 17.5 Å². The number of rotatable bonds is 4. The average molecular weight is 359 g/mol. The van der Waals surface area contributed by atoms with Crippen molar-refractivity contribution in [2.45, 2.75) is 38.6 Å². The molecule has 1 saturated heterocycles. The molecule has 1 fully saturated rings. The fraction of sp³-hybridized carbons (Fsp3) is 0.304. The summed E-state index contributed by atoms with van der Waals surface area (Å²) in [6.45, 7) is 3.03. The highest BCUT2D eigenvalue weighted by molar-refractivity contribution is 5.95. The Bertz CT molecular complexity index is 958. The predicted octanol–water partition coefficient (Wildman–Crippen LogP) is 4.81. The molecule has 4 rings (SSSR count). The summed E-state index contributed by atoms with van der Waals surface area (Å²) < 4.78 is 1.88. The molecule has 1 unspecified atom stereocenters. The molecule has 2 aromatic heterocycles. The van der Waals surface area contributed by atoms with Crippen molar-refractivity contribution in [3.8, 4) is 11.3 Å². The number of pyridine rings is 1. The lowest BCUT2D eigenvalue weighted by Crippen LogP contribution is -2.42. The van der Waals surface area contributed by atoms with Crippen LogP contribution < -0.4 is 0 Å². The number of hydrogen-bond acceptors (Lipinski definition) is 2. The van der Waals surface area contributed by atoms with Crippen LogP contribution in [-0.2, 0) is 4.79 Å². The van der Waals surface area contributed by atoms with Gasteiger partial charge in [0.05, 0.1) is 5.52 Å². The van der Waals surface area contributed by atoms with Crippen LogP contribution in [0.2, 0.25) is 0 Å². The molecule has 0 N–H and O–H groups in total. The van der Waals surface area contributed by atoms with Crippen LogP contribution in [0, 0.1) is 0 Å². The molecular formula is C23H25N3O. The van der Waals surface area contributed by atoms with Gasteiger partial charge in [0.15, 0.2) is 0 Å². The highest BCUT2D eigenvalue weighted by atomic mass is 16.2. The number of likely N-dealkylation sites (tertiary alicyclic amines) is 1. The molecule has 1 aliphatic heterocycles. The Morgan fingerprint density at radius 2 is 1.96 bits per heavy atom. The quantitative estimate of drug-likeness (QED) is 0.627. The maximum atomic E-state index is 12.9. The summed E-state index contributed by atoms with van der Waals surface area (Å²) in [5, 5.41) is 4.75. The van der Waals surface area contributed by atoms with Gasteiger partial charge in [-0.15, -0.1) is 0 Å². The summed E-state index contributed by atoms with van der Waals surface area (Å²) in [6, 6.07) is 16.5. The lowest BCUT2D eigenvalue weighted by atomic mass is 10.00. The van der Waals surface area contributed by atoms with Crippen molar-refractivity contribution in [2.24, 2.45) is 0 Å². The molecule has 3 aromatic rings. The predicted molar refractivity (Wildman–Crippen MR) is 109 cm³/mol. The Morgan fingerprint density at radius 3 is 2.78 bits per heavy atom. The Kier molecular flexibility index (Phi) is 5.05. The van der Waals surface area contributed by atoms with Gasteiger partial charge in [0.2, 0.25) is 5.91 Å². The third kappa shape index (κ3) is 3.52. The third-order valence-corrected chi connectivity index (χ3v) is 5.40.